The van der Waals surface area contributed by atoms with Gasteiger partial charge in [0.25, 0.3) is 11.6 Å². The van der Waals surface area contributed by atoms with E-state index in [9.17, 15) is 20.2 Å². The van der Waals surface area contributed by atoms with Crippen LogP contribution in [0.5, 0.6) is 11.5 Å². The van der Waals surface area contributed by atoms with E-state index in [1.54, 1.807) is 35.2 Å². The summed E-state index contributed by atoms with van der Waals surface area (Å²) in [6, 6.07) is 11.6. The Morgan fingerprint density at radius 1 is 1.25 bits per heavy atom. The molecule has 0 aliphatic carbocycles. The van der Waals surface area contributed by atoms with E-state index in [-0.39, 0.29) is 23.8 Å². The van der Waals surface area contributed by atoms with E-state index >= 15 is 0 Å². The maximum atomic E-state index is 12.6. The number of ether oxygens (including phenoxy) is 2. The van der Waals surface area contributed by atoms with E-state index in [2.05, 4.69) is 15.9 Å². The van der Waals surface area contributed by atoms with Crippen LogP contribution in [0, 0.1) is 21.4 Å². The van der Waals surface area contributed by atoms with Gasteiger partial charge >= 0.3 is 0 Å². The number of nitro groups is 1. The average Bonchev–Trinajstić information content (AvgIpc) is 3.32. The summed E-state index contributed by atoms with van der Waals surface area (Å²) in [5.41, 5.74) is 1.47. The molecule has 9 heteroatoms. The summed E-state index contributed by atoms with van der Waals surface area (Å²) in [4.78, 5) is 24.6. The molecule has 0 aromatic heterocycles. The number of nitrogens with zero attached hydrogens (tertiary/aromatic N) is 3. The van der Waals surface area contributed by atoms with Gasteiger partial charge in [-0.2, -0.15) is 5.26 Å². The summed E-state index contributed by atoms with van der Waals surface area (Å²) >= 11 is 3.49. The molecule has 2 aromatic carbocycles. The molecule has 0 radical (unpaired) electrons. The van der Waals surface area contributed by atoms with Crippen molar-refractivity contribution < 1.29 is 19.2 Å². The third-order valence-electron chi connectivity index (χ3n) is 4.92. The van der Waals surface area contributed by atoms with Crippen molar-refractivity contribution in [1.82, 2.24) is 4.90 Å². The first-order valence-corrected chi connectivity index (χ1v) is 11.0. The number of hydrogen-bond acceptors (Lipinski definition) is 6. The van der Waals surface area contributed by atoms with Crippen LogP contribution in [0.1, 0.15) is 30.9 Å². The molecule has 1 aliphatic heterocycles. The number of nitro benzene ring substituents is 1. The molecule has 3 rings (SSSR count). The minimum Gasteiger partial charge on any atom is -0.490 e. The Balaban J connectivity index is 1.83. The second-order valence-corrected chi connectivity index (χ2v) is 8.00. The first-order valence-electron chi connectivity index (χ1n) is 10.2. The van der Waals surface area contributed by atoms with Crippen LogP contribution in [0.3, 0.4) is 0 Å². The highest BCUT2D eigenvalue weighted by atomic mass is 79.9. The normalized spacial score (nSPS) is 13.5. The van der Waals surface area contributed by atoms with E-state index in [0.717, 1.165) is 18.4 Å². The zero-order valence-electron chi connectivity index (χ0n) is 17.5. The Kier molecular flexibility index (Phi) is 7.84. The fourth-order valence-corrected chi connectivity index (χ4v) is 3.92. The number of halogens is 1. The quantitative estimate of drug-likeness (QED) is 0.222. The van der Waals surface area contributed by atoms with Gasteiger partial charge in [0.15, 0.2) is 11.5 Å². The molecular weight excluding hydrogens is 478 g/mol. The lowest BCUT2D eigenvalue weighted by Crippen LogP contribution is -2.28. The number of nitriles is 1. The van der Waals surface area contributed by atoms with Gasteiger partial charge in [-0.25, -0.2) is 0 Å². The first kappa shape index (κ1) is 23.3. The van der Waals surface area contributed by atoms with Crippen molar-refractivity contribution in [2.75, 3.05) is 19.7 Å². The molecule has 8 nitrogen and oxygen atoms in total. The van der Waals surface area contributed by atoms with Crippen molar-refractivity contribution in [2.24, 2.45) is 0 Å². The number of carbonyl (C=O) groups excluding carboxylic acids is 1. The molecule has 0 unspecified atom stereocenters. The topological polar surface area (TPSA) is 106 Å². The van der Waals surface area contributed by atoms with Gasteiger partial charge in [0.2, 0.25) is 0 Å². The van der Waals surface area contributed by atoms with E-state index in [1.807, 2.05) is 13.0 Å². The Hall–Kier alpha value is -3.38. The van der Waals surface area contributed by atoms with Gasteiger partial charge in [0.05, 0.1) is 16.0 Å². The van der Waals surface area contributed by atoms with Crippen LogP contribution in [-0.2, 0) is 11.4 Å². The molecule has 32 heavy (non-hydrogen) atoms. The number of carbonyl (C=O) groups is 1. The Morgan fingerprint density at radius 3 is 2.53 bits per heavy atom. The second kappa shape index (κ2) is 10.8. The van der Waals surface area contributed by atoms with Gasteiger partial charge in [0.1, 0.15) is 18.2 Å². The average molecular weight is 500 g/mol. The minimum absolute atomic E-state index is 0.0119. The minimum atomic E-state index is -0.454. The largest absolute Gasteiger partial charge is 0.490 e. The third-order valence-corrected chi connectivity index (χ3v) is 5.51. The highest BCUT2D eigenvalue weighted by molar-refractivity contribution is 9.10. The van der Waals surface area contributed by atoms with Gasteiger partial charge in [-0.3, -0.25) is 14.9 Å². The summed E-state index contributed by atoms with van der Waals surface area (Å²) in [5, 5.41) is 20.3. The molecule has 0 saturated carbocycles. The maximum Gasteiger partial charge on any atom is 0.269 e. The number of rotatable bonds is 8. The number of likely N-dealkylation sites (tertiary alicyclic amines) is 1. The number of non-ortho nitro benzene ring substituents is 1. The van der Waals surface area contributed by atoms with E-state index < -0.39 is 4.92 Å². The summed E-state index contributed by atoms with van der Waals surface area (Å²) in [6.07, 6.45) is 3.45. The van der Waals surface area contributed by atoms with Gasteiger partial charge < -0.3 is 14.4 Å². The number of benzene rings is 2. The van der Waals surface area contributed by atoms with Crippen molar-refractivity contribution in [3.63, 3.8) is 0 Å². The van der Waals surface area contributed by atoms with Gasteiger partial charge in [-0.05, 0) is 77.2 Å². The molecule has 0 atom stereocenters. The molecule has 166 valence electrons. The SMILES string of the molecule is CCOc1cc(/C=C(\C#N)C(=O)N2CCCC2)cc(Br)c1OCc1ccc([N+](=O)[O-])cc1. The molecule has 2 aromatic rings. The van der Waals surface area contributed by atoms with Crippen LogP contribution in [0.15, 0.2) is 46.4 Å². The monoisotopic (exact) mass is 499 g/mol. The summed E-state index contributed by atoms with van der Waals surface area (Å²) in [7, 11) is 0. The van der Waals surface area contributed by atoms with Crippen LogP contribution in [0.4, 0.5) is 5.69 Å². The van der Waals surface area contributed by atoms with Crippen LogP contribution in [0.25, 0.3) is 6.08 Å². The molecule has 0 bridgehead atoms. The molecular formula is C23H22BrN3O5. The third kappa shape index (κ3) is 5.65. The molecule has 1 saturated heterocycles. The molecule has 1 amide bonds. The van der Waals surface area contributed by atoms with E-state index in [0.29, 0.717) is 41.2 Å². The lowest BCUT2D eigenvalue weighted by atomic mass is 10.1. The summed E-state index contributed by atoms with van der Waals surface area (Å²) in [5.74, 6) is 0.658. The molecule has 1 heterocycles. The Bertz CT molecular complexity index is 1070. The molecule has 1 fully saturated rings. The number of hydrogen-bond donors (Lipinski definition) is 0. The van der Waals surface area contributed by atoms with Crippen molar-refractivity contribution in [2.45, 2.75) is 26.4 Å². The zero-order chi connectivity index (χ0) is 23.1. The smallest absolute Gasteiger partial charge is 0.269 e. The van der Waals surface area contributed by atoms with Crippen molar-refractivity contribution in [3.05, 3.63) is 67.7 Å². The summed E-state index contributed by atoms with van der Waals surface area (Å²) in [6.45, 7) is 3.75. The zero-order valence-corrected chi connectivity index (χ0v) is 19.1. The van der Waals surface area contributed by atoms with Crippen molar-refractivity contribution >= 4 is 33.6 Å². The standard InChI is InChI=1S/C23H22BrN3O5/c1-2-31-21-13-17(11-18(14-25)23(28)26-9-3-4-10-26)12-20(24)22(21)32-15-16-5-7-19(8-6-16)27(29)30/h5-8,11-13H,2-4,9-10,15H2,1H3/b18-11+. The van der Waals surface area contributed by atoms with Crippen LogP contribution < -0.4 is 9.47 Å². The fourth-order valence-electron chi connectivity index (χ4n) is 3.34. The van der Waals surface area contributed by atoms with E-state index in [4.69, 9.17) is 9.47 Å². The second-order valence-electron chi connectivity index (χ2n) is 7.14. The Labute approximate surface area is 194 Å². The van der Waals surface area contributed by atoms with Crippen LogP contribution in [-0.4, -0.2) is 35.4 Å². The first-order chi connectivity index (χ1) is 15.4. The van der Waals surface area contributed by atoms with Crippen molar-refractivity contribution in [3.8, 4) is 17.6 Å². The highest BCUT2D eigenvalue weighted by Gasteiger charge is 2.22. The lowest BCUT2D eigenvalue weighted by Gasteiger charge is -2.16. The Morgan fingerprint density at radius 2 is 1.94 bits per heavy atom. The fraction of sp³-hybridized carbons (Fsp3) is 0.304. The lowest BCUT2D eigenvalue weighted by molar-refractivity contribution is -0.384. The number of amides is 1. The van der Waals surface area contributed by atoms with Gasteiger partial charge in [-0.1, -0.05) is 0 Å². The predicted octanol–water partition coefficient (Wildman–Crippen LogP) is 4.86. The van der Waals surface area contributed by atoms with Gasteiger partial charge in [0, 0.05) is 25.2 Å². The van der Waals surface area contributed by atoms with Crippen LogP contribution in [0.2, 0.25) is 0 Å². The molecule has 0 N–H and O–H groups in total. The molecule has 0 spiro atoms. The molecule has 1 aliphatic rings. The van der Waals surface area contributed by atoms with Gasteiger partial charge in [-0.15, -0.1) is 0 Å². The maximum absolute atomic E-state index is 12.6. The van der Waals surface area contributed by atoms with Crippen molar-refractivity contribution in [1.29, 1.82) is 5.26 Å². The predicted molar refractivity (Wildman–Crippen MR) is 122 cm³/mol. The summed E-state index contributed by atoms with van der Waals surface area (Å²) < 4.78 is 12.2. The highest BCUT2D eigenvalue weighted by Crippen LogP contribution is 2.38. The van der Waals surface area contributed by atoms with E-state index in [1.165, 1.54) is 12.1 Å². The van der Waals surface area contributed by atoms with Crippen LogP contribution >= 0.6 is 15.9 Å².